The third-order valence-electron chi connectivity index (χ3n) is 3.02. The van der Waals surface area contributed by atoms with Crippen LogP contribution in [0, 0.1) is 0 Å². The Morgan fingerprint density at radius 3 is 2.65 bits per heavy atom. The number of halogens is 2. The van der Waals surface area contributed by atoms with Crippen LogP contribution in [0.25, 0.3) is 10.9 Å². The van der Waals surface area contributed by atoms with Crippen molar-refractivity contribution in [1.82, 2.24) is 9.97 Å². The molecule has 0 bridgehead atoms. The summed E-state index contributed by atoms with van der Waals surface area (Å²) in [6, 6.07) is 12.6. The maximum atomic E-state index is 12.0. The molecule has 0 radical (unpaired) electrons. The van der Waals surface area contributed by atoms with E-state index in [-0.39, 0.29) is 5.56 Å². The van der Waals surface area contributed by atoms with Crippen LogP contribution in [0.1, 0.15) is 11.4 Å². The zero-order valence-electron chi connectivity index (χ0n) is 10.4. The van der Waals surface area contributed by atoms with Crippen LogP contribution in [0.5, 0.6) is 0 Å². The molecule has 0 atom stereocenters. The van der Waals surface area contributed by atoms with E-state index in [0.717, 1.165) is 5.56 Å². The fourth-order valence-electron chi connectivity index (χ4n) is 2.06. The van der Waals surface area contributed by atoms with Crippen LogP contribution in [0.4, 0.5) is 0 Å². The van der Waals surface area contributed by atoms with Gasteiger partial charge in [-0.05, 0) is 29.8 Å². The molecule has 0 fully saturated rings. The van der Waals surface area contributed by atoms with E-state index in [4.69, 9.17) is 23.2 Å². The van der Waals surface area contributed by atoms with Gasteiger partial charge in [0.1, 0.15) is 5.82 Å². The molecule has 20 heavy (non-hydrogen) atoms. The van der Waals surface area contributed by atoms with Gasteiger partial charge >= 0.3 is 0 Å². The molecule has 0 saturated carbocycles. The Balaban J connectivity index is 2.02. The van der Waals surface area contributed by atoms with Crippen molar-refractivity contribution in [2.75, 3.05) is 0 Å². The van der Waals surface area contributed by atoms with Crippen LogP contribution in [0.15, 0.2) is 47.3 Å². The Kier molecular flexibility index (Phi) is 3.47. The first-order valence-electron chi connectivity index (χ1n) is 6.05. The number of hydrogen-bond acceptors (Lipinski definition) is 2. The SMILES string of the molecule is O=c1[nH]c(Cc2ccc(Cl)c(Cl)c2)nc2ccccc12. The first-order valence-corrected chi connectivity index (χ1v) is 6.81. The quantitative estimate of drug-likeness (QED) is 0.782. The molecule has 3 rings (SSSR count). The lowest BCUT2D eigenvalue weighted by atomic mass is 10.1. The molecule has 0 aliphatic heterocycles. The van der Waals surface area contributed by atoms with Gasteiger partial charge in [0, 0.05) is 6.42 Å². The molecule has 0 saturated heterocycles. The lowest BCUT2D eigenvalue weighted by Gasteiger charge is -2.04. The number of aromatic nitrogens is 2. The largest absolute Gasteiger partial charge is 0.310 e. The molecule has 2 aromatic carbocycles. The minimum Gasteiger partial charge on any atom is -0.310 e. The molecule has 0 aliphatic carbocycles. The molecular weight excluding hydrogens is 295 g/mol. The van der Waals surface area contributed by atoms with Crippen molar-refractivity contribution in [3.05, 3.63) is 74.3 Å². The van der Waals surface area contributed by atoms with Gasteiger partial charge in [-0.15, -0.1) is 0 Å². The Morgan fingerprint density at radius 2 is 1.85 bits per heavy atom. The molecule has 100 valence electrons. The van der Waals surface area contributed by atoms with Gasteiger partial charge < -0.3 is 4.98 Å². The minimum atomic E-state index is -0.134. The molecule has 1 aromatic heterocycles. The van der Waals surface area contributed by atoms with E-state index >= 15 is 0 Å². The topological polar surface area (TPSA) is 45.8 Å². The molecule has 3 aromatic rings. The lowest BCUT2D eigenvalue weighted by Crippen LogP contribution is -2.12. The summed E-state index contributed by atoms with van der Waals surface area (Å²) in [6.07, 6.45) is 0.497. The number of nitrogens with zero attached hydrogens (tertiary/aromatic N) is 1. The summed E-state index contributed by atoms with van der Waals surface area (Å²) in [5.41, 5.74) is 1.50. The van der Waals surface area contributed by atoms with Gasteiger partial charge in [0.25, 0.3) is 5.56 Å². The summed E-state index contributed by atoms with van der Waals surface area (Å²) in [5.74, 6) is 0.604. The van der Waals surface area contributed by atoms with Crippen LogP contribution < -0.4 is 5.56 Å². The van der Waals surface area contributed by atoms with E-state index in [1.54, 1.807) is 18.2 Å². The van der Waals surface area contributed by atoms with Crippen LogP contribution in [-0.2, 0) is 6.42 Å². The third-order valence-corrected chi connectivity index (χ3v) is 3.76. The standard InChI is InChI=1S/C15H10Cl2N2O/c16-11-6-5-9(7-12(11)17)8-14-18-13-4-2-1-3-10(13)15(20)19-14/h1-7H,8H2,(H,18,19,20). The molecular formula is C15H10Cl2N2O. The van der Waals surface area contributed by atoms with Crippen molar-refractivity contribution in [2.45, 2.75) is 6.42 Å². The van der Waals surface area contributed by atoms with Gasteiger partial charge in [-0.3, -0.25) is 4.79 Å². The van der Waals surface area contributed by atoms with Crippen molar-refractivity contribution in [3.8, 4) is 0 Å². The molecule has 1 N–H and O–H groups in total. The second kappa shape index (κ2) is 5.27. The zero-order valence-corrected chi connectivity index (χ0v) is 11.9. The number of rotatable bonds is 2. The van der Waals surface area contributed by atoms with Gasteiger partial charge in [0.15, 0.2) is 0 Å². The molecule has 0 aliphatic rings. The summed E-state index contributed by atoms with van der Waals surface area (Å²) >= 11 is 11.9. The van der Waals surface area contributed by atoms with E-state index in [9.17, 15) is 4.79 Å². The number of aromatic amines is 1. The number of fused-ring (bicyclic) bond motifs is 1. The normalized spacial score (nSPS) is 10.9. The number of nitrogens with one attached hydrogen (secondary N) is 1. The van der Waals surface area contributed by atoms with E-state index in [2.05, 4.69) is 9.97 Å². The van der Waals surface area contributed by atoms with E-state index < -0.39 is 0 Å². The van der Waals surface area contributed by atoms with Crippen molar-refractivity contribution in [2.24, 2.45) is 0 Å². The molecule has 0 unspecified atom stereocenters. The summed E-state index contributed by atoms with van der Waals surface area (Å²) in [4.78, 5) is 19.2. The highest BCUT2D eigenvalue weighted by Crippen LogP contribution is 2.23. The molecule has 0 spiro atoms. The molecule has 0 amide bonds. The highest BCUT2D eigenvalue weighted by atomic mass is 35.5. The summed E-state index contributed by atoms with van der Waals surface area (Å²) < 4.78 is 0. The van der Waals surface area contributed by atoms with Crippen LogP contribution >= 0.6 is 23.2 Å². The van der Waals surface area contributed by atoms with E-state index in [1.165, 1.54) is 0 Å². The van der Waals surface area contributed by atoms with E-state index in [0.29, 0.717) is 33.2 Å². The molecule has 5 heteroatoms. The maximum absolute atomic E-state index is 12.0. The number of H-pyrrole nitrogens is 1. The summed E-state index contributed by atoms with van der Waals surface area (Å²) in [7, 11) is 0. The van der Waals surface area contributed by atoms with Gasteiger partial charge in [-0.1, -0.05) is 41.4 Å². The Hall–Kier alpha value is -1.84. The highest BCUT2D eigenvalue weighted by molar-refractivity contribution is 6.42. The van der Waals surface area contributed by atoms with Crippen molar-refractivity contribution in [3.63, 3.8) is 0 Å². The Morgan fingerprint density at radius 1 is 1.05 bits per heavy atom. The fourth-order valence-corrected chi connectivity index (χ4v) is 2.38. The second-order valence-electron chi connectivity index (χ2n) is 4.46. The smallest absolute Gasteiger partial charge is 0.258 e. The first-order chi connectivity index (χ1) is 9.63. The monoisotopic (exact) mass is 304 g/mol. The average Bonchev–Trinajstić information content (AvgIpc) is 2.43. The second-order valence-corrected chi connectivity index (χ2v) is 5.27. The predicted octanol–water partition coefficient (Wildman–Crippen LogP) is 3.82. The Labute approximate surface area is 125 Å². The van der Waals surface area contributed by atoms with Crippen molar-refractivity contribution in [1.29, 1.82) is 0 Å². The molecule has 1 heterocycles. The first kappa shape index (κ1) is 13.2. The summed E-state index contributed by atoms with van der Waals surface area (Å²) in [6.45, 7) is 0. The average molecular weight is 305 g/mol. The zero-order chi connectivity index (χ0) is 14.1. The number of para-hydroxylation sites is 1. The van der Waals surface area contributed by atoms with E-state index in [1.807, 2.05) is 24.3 Å². The number of benzene rings is 2. The van der Waals surface area contributed by atoms with Gasteiger partial charge in [0.05, 0.1) is 20.9 Å². The predicted molar refractivity (Wildman–Crippen MR) is 81.6 cm³/mol. The van der Waals surface area contributed by atoms with Gasteiger partial charge in [-0.25, -0.2) is 4.98 Å². The minimum absolute atomic E-state index is 0.134. The van der Waals surface area contributed by atoms with Crippen LogP contribution in [0.3, 0.4) is 0 Å². The fraction of sp³-hybridized carbons (Fsp3) is 0.0667. The number of hydrogen-bond donors (Lipinski definition) is 1. The maximum Gasteiger partial charge on any atom is 0.258 e. The van der Waals surface area contributed by atoms with Crippen LogP contribution in [-0.4, -0.2) is 9.97 Å². The Bertz CT molecular complexity index is 843. The van der Waals surface area contributed by atoms with Crippen LogP contribution in [0.2, 0.25) is 10.0 Å². The van der Waals surface area contributed by atoms with Crippen molar-refractivity contribution >= 4 is 34.1 Å². The summed E-state index contributed by atoms with van der Waals surface area (Å²) in [5, 5.41) is 1.59. The van der Waals surface area contributed by atoms with Gasteiger partial charge in [-0.2, -0.15) is 0 Å². The van der Waals surface area contributed by atoms with Crippen molar-refractivity contribution < 1.29 is 0 Å². The third kappa shape index (κ3) is 2.55. The van der Waals surface area contributed by atoms with Gasteiger partial charge in [0.2, 0.25) is 0 Å². The highest BCUT2D eigenvalue weighted by Gasteiger charge is 2.05. The lowest BCUT2D eigenvalue weighted by molar-refractivity contribution is 0.973. The molecule has 3 nitrogen and oxygen atoms in total.